The first-order valence-electron chi connectivity index (χ1n) is 7.20. The van der Waals surface area contributed by atoms with Crippen LogP contribution in [0.2, 0.25) is 0 Å². The molecule has 1 N–H and O–H groups in total. The Bertz CT molecular complexity index is 552. The van der Waals surface area contributed by atoms with E-state index in [1.807, 2.05) is 6.07 Å². The fourth-order valence-electron chi connectivity index (χ4n) is 2.82. The average Bonchev–Trinajstić information content (AvgIpc) is 2.47. The van der Waals surface area contributed by atoms with Crippen LogP contribution in [0, 0.1) is 0 Å². The van der Waals surface area contributed by atoms with Gasteiger partial charge in [-0.3, -0.25) is 0 Å². The molecule has 0 saturated carbocycles. The van der Waals surface area contributed by atoms with E-state index in [0.29, 0.717) is 6.04 Å². The van der Waals surface area contributed by atoms with Crippen LogP contribution in [0.5, 0.6) is 0 Å². The molecule has 1 aliphatic heterocycles. The number of fused-ring (bicyclic) bond motifs is 1. The van der Waals surface area contributed by atoms with Crippen molar-refractivity contribution in [1.29, 1.82) is 0 Å². The Labute approximate surface area is 114 Å². The lowest BCUT2D eigenvalue weighted by molar-refractivity contribution is 0.226. The SMILES string of the molecule is CCN1CCC[C@H](Nc2ccc3ccccc3n2)C1. The fourth-order valence-corrected chi connectivity index (χ4v) is 2.82. The van der Waals surface area contributed by atoms with Gasteiger partial charge >= 0.3 is 0 Å². The molecule has 19 heavy (non-hydrogen) atoms. The lowest BCUT2D eigenvalue weighted by Crippen LogP contribution is -2.41. The molecule has 1 aliphatic rings. The molecule has 1 aromatic heterocycles. The molecule has 0 spiro atoms. The summed E-state index contributed by atoms with van der Waals surface area (Å²) in [5, 5.41) is 4.79. The number of piperidine rings is 1. The van der Waals surface area contributed by atoms with E-state index < -0.39 is 0 Å². The van der Waals surface area contributed by atoms with Crippen molar-refractivity contribution >= 4 is 16.7 Å². The summed E-state index contributed by atoms with van der Waals surface area (Å²) in [7, 11) is 0. The zero-order valence-corrected chi connectivity index (χ0v) is 11.5. The van der Waals surface area contributed by atoms with E-state index in [4.69, 9.17) is 4.98 Å². The topological polar surface area (TPSA) is 28.2 Å². The van der Waals surface area contributed by atoms with Crippen LogP contribution in [0.15, 0.2) is 36.4 Å². The predicted molar refractivity (Wildman–Crippen MR) is 80.5 cm³/mol. The Morgan fingerprint density at radius 1 is 1.26 bits per heavy atom. The highest BCUT2D eigenvalue weighted by Crippen LogP contribution is 2.18. The molecule has 0 aliphatic carbocycles. The van der Waals surface area contributed by atoms with Crippen LogP contribution in [0.3, 0.4) is 0 Å². The summed E-state index contributed by atoms with van der Waals surface area (Å²) in [6.45, 7) is 5.74. The van der Waals surface area contributed by atoms with Gasteiger partial charge in [-0.05, 0) is 44.1 Å². The highest BCUT2D eigenvalue weighted by Gasteiger charge is 2.18. The molecule has 3 rings (SSSR count). The van der Waals surface area contributed by atoms with Gasteiger partial charge in [0.15, 0.2) is 0 Å². The molecule has 0 bridgehead atoms. The highest BCUT2D eigenvalue weighted by atomic mass is 15.2. The summed E-state index contributed by atoms with van der Waals surface area (Å²) in [5.74, 6) is 1.00. The van der Waals surface area contributed by atoms with Gasteiger partial charge in [-0.2, -0.15) is 0 Å². The number of rotatable bonds is 3. The second kappa shape index (κ2) is 5.57. The van der Waals surface area contributed by atoms with Crippen molar-refractivity contribution in [3.63, 3.8) is 0 Å². The van der Waals surface area contributed by atoms with Gasteiger partial charge in [0.2, 0.25) is 0 Å². The molecule has 1 fully saturated rings. The van der Waals surface area contributed by atoms with Gasteiger partial charge in [0, 0.05) is 18.0 Å². The van der Waals surface area contributed by atoms with Gasteiger partial charge in [-0.15, -0.1) is 0 Å². The first-order chi connectivity index (χ1) is 9.35. The number of aromatic nitrogens is 1. The number of likely N-dealkylation sites (tertiary alicyclic amines) is 1. The maximum absolute atomic E-state index is 4.69. The number of pyridine rings is 1. The minimum absolute atomic E-state index is 0.530. The van der Waals surface area contributed by atoms with Gasteiger partial charge in [-0.25, -0.2) is 4.98 Å². The third-order valence-corrected chi connectivity index (χ3v) is 3.90. The molecule has 1 saturated heterocycles. The quantitative estimate of drug-likeness (QED) is 0.913. The zero-order chi connectivity index (χ0) is 13.1. The minimum Gasteiger partial charge on any atom is -0.366 e. The fraction of sp³-hybridized carbons (Fsp3) is 0.438. The maximum atomic E-state index is 4.69. The Morgan fingerprint density at radius 3 is 3.05 bits per heavy atom. The number of benzene rings is 1. The average molecular weight is 255 g/mol. The molecule has 2 aromatic rings. The summed E-state index contributed by atoms with van der Waals surface area (Å²) < 4.78 is 0. The maximum Gasteiger partial charge on any atom is 0.126 e. The molecular weight excluding hydrogens is 234 g/mol. The predicted octanol–water partition coefficient (Wildman–Crippen LogP) is 3.13. The van der Waals surface area contributed by atoms with E-state index in [2.05, 4.69) is 47.5 Å². The van der Waals surface area contributed by atoms with Crippen molar-refractivity contribution in [2.45, 2.75) is 25.8 Å². The molecular formula is C16H21N3. The summed E-state index contributed by atoms with van der Waals surface area (Å²) in [4.78, 5) is 7.19. The van der Waals surface area contributed by atoms with Crippen molar-refractivity contribution in [2.75, 3.05) is 25.0 Å². The summed E-state index contributed by atoms with van der Waals surface area (Å²) >= 11 is 0. The first kappa shape index (κ1) is 12.4. The van der Waals surface area contributed by atoms with E-state index >= 15 is 0 Å². The van der Waals surface area contributed by atoms with Crippen LogP contribution in [0.1, 0.15) is 19.8 Å². The van der Waals surface area contributed by atoms with E-state index in [1.165, 1.54) is 24.8 Å². The van der Waals surface area contributed by atoms with Crippen LogP contribution in [-0.4, -0.2) is 35.6 Å². The van der Waals surface area contributed by atoms with Gasteiger partial charge < -0.3 is 10.2 Å². The molecule has 0 amide bonds. The van der Waals surface area contributed by atoms with Crippen LogP contribution < -0.4 is 5.32 Å². The lowest BCUT2D eigenvalue weighted by atomic mass is 10.1. The van der Waals surface area contributed by atoms with Gasteiger partial charge in [-0.1, -0.05) is 25.1 Å². The summed E-state index contributed by atoms with van der Waals surface area (Å²) in [5.41, 5.74) is 1.07. The molecule has 3 nitrogen and oxygen atoms in total. The van der Waals surface area contributed by atoms with Crippen molar-refractivity contribution in [2.24, 2.45) is 0 Å². The molecule has 0 radical (unpaired) electrons. The second-order valence-corrected chi connectivity index (χ2v) is 5.27. The zero-order valence-electron chi connectivity index (χ0n) is 11.5. The molecule has 0 unspecified atom stereocenters. The number of hydrogen-bond donors (Lipinski definition) is 1. The van der Waals surface area contributed by atoms with Crippen LogP contribution in [0.4, 0.5) is 5.82 Å². The number of likely N-dealkylation sites (N-methyl/N-ethyl adjacent to an activating group) is 1. The molecule has 2 heterocycles. The van der Waals surface area contributed by atoms with Crippen LogP contribution >= 0.6 is 0 Å². The van der Waals surface area contributed by atoms with Gasteiger partial charge in [0.1, 0.15) is 5.82 Å². The Balaban J connectivity index is 1.74. The van der Waals surface area contributed by atoms with Crippen LogP contribution in [-0.2, 0) is 0 Å². The van der Waals surface area contributed by atoms with Crippen molar-refractivity contribution in [3.8, 4) is 0 Å². The largest absolute Gasteiger partial charge is 0.366 e. The number of nitrogens with one attached hydrogen (secondary N) is 1. The second-order valence-electron chi connectivity index (χ2n) is 5.27. The molecule has 3 heteroatoms. The van der Waals surface area contributed by atoms with Gasteiger partial charge in [0.05, 0.1) is 5.52 Å². The van der Waals surface area contributed by atoms with Crippen molar-refractivity contribution in [1.82, 2.24) is 9.88 Å². The van der Waals surface area contributed by atoms with Gasteiger partial charge in [0.25, 0.3) is 0 Å². The van der Waals surface area contributed by atoms with Crippen molar-refractivity contribution < 1.29 is 0 Å². The Morgan fingerprint density at radius 2 is 2.16 bits per heavy atom. The Hall–Kier alpha value is -1.61. The molecule has 1 aromatic carbocycles. The summed E-state index contributed by atoms with van der Waals surface area (Å²) in [6.07, 6.45) is 2.52. The number of hydrogen-bond acceptors (Lipinski definition) is 3. The van der Waals surface area contributed by atoms with Crippen molar-refractivity contribution in [3.05, 3.63) is 36.4 Å². The number of anilines is 1. The van der Waals surface area contributed by atoms with E-state index in [-0.39, 0.29) is 0 Å². The monoisotopic (exact) mass is 255 g/mol. The first-order valence-corrected chi connectivity index (χ1v) is 7.20. The minimum atomic E-state index is 0.530. The number of nitrogens with zero attached hydrogens (tertiary/aromatic N) is 2. The lowest BCUT2D eigenvalue weighted by Gasteiger charge is -2.32. The summed E-state index contributed by atoms with van der Waals surface area (Å²) in [6, 6.07) is 13.0. The molecule has 100 valence electrons. The normalized spacial score (nSPS) is 20.6. The smallest absolute Gasteiger partial charge is 0.126 e. The highest BCUT2D eigenvalue weighted by molar-refractivity contribution is 5.80. The third-order valence-electron chi connectivity index (χ3n) is 3.90. The number of para-hydroxylation sites is 1. The van der Waals surface area contributed by atoms with Crippen LogP contribution in [0.25, 0.3) is 10.9 Å². The van der Waals surface area contributed by atoms with E-state index in [9.17, 15) is 0 Å². The third kappa shape index (κ3) is 2.87. The van der Waals surface area contributed by atoms with E-state index in [0.717, 1.165) is 24.4 Å². The van der Waals surface area contributed by atoms with E-state index in [1.54, 1.807) is 0 Å². The standard InChI is InChI=1S/C16H21N3/c1-2-19-11-5-7-14(12-19)17-16-10-9-13-6-3-4-8-15(13)18-16/h3-4,6,8-10,14H,2,5,7,11-12H2,1H3,(H,17,18)/t14-/m0/s1. The Kier molecular flexibility index (Phi) is 3.65. The molecule has 1 atom stereocenters.